The second-order valence-corrected chi connectivity index (χ2v) is 4.31. The Labute approximate surface area is 122 Å². The molecule has 0 bridgehead atoms. The first kappa shape index (κ1) is 14.6. The van der Waals surface area contributed by atoms with E-state index < -0.39 is 27.6 Å². The van der Waals surface area contributed by atoms with Gasteiger partial charge < -0.3 is 5.11 Å². The highest BCUT2D eigenvalue weighted by molar-refractivity contribution is 6.54. The van der Waals surface area contributed by atoms with Gasteiger partial charge in [0.2, 0.25) is 0 Å². The summed E-state index contributed by atoms with van der Waals surface area (Å²) >= 11 is 5.77. The van der Waals surface area contributed by atoms with Gasteiger partial charge in [0.15, 0.2) is 11.1 Å². The van der Waals surface area contributed by atoms with Crippen LogP contribution in [0.5, 0.6) is 5.75 Å². The summed E-state index contributed by atoms with van der Waals surface area (Å²) in [5.41, 5.74) is 2.21. The zero-order valence-electron chi connectivity index (χ0n) is 10.3. The van der Waals surface area contributed by atoms with Crippen LogP contribution in [0.4, 0.5) is 5.69 Å². The summed E-state index contributed by atoms with van der Waals surface area (Å²) in [4.78, 5) is 21.2. The summed E-state index contributed by atoms with van der Waals surface area (Å²) in [6.07, 6.45) is 2.47. The van der Waals surface area contributed by atoms with Crippen molar-refractivity contribution in [1.82, 2.24) is 5.43 Å². The van der Waals surface area contributed by atoms with E-state index in [0.29, 0.717) is 5.56 Å². The van der Waals surface area contributed by atoms with Gasteiger partial charge >= 0.3 is 5.69 Å². The van der Waals surface area contributed by atoms with Crippen molar-refractivity contribution in [3.63, 3.8) is 0 Å². The van der Waals surface area contributed by atoms with Crippen LogP contribution in [0.2, 0.25) is 0 Å². The van der Waals surface area contributed by atoms with Crippen molar-refractivity contribution < 1.29 is 14.8 Å². The minimum absolute atomic E-state index is 0.143. The highest BCUT2D eigenvalue weighted by Gasteiger charge is 2.23. The fourth-order valence-electron chi connectivity index (χ4n) is 1.42. The molecule has 1 unspecified atom stereocenters. The maximum Gasteiger partial charge on any atom is 0.311 e. The SMILES string of the molecule is O=C1NN=C/C(=N/N=C/c2ccc(O)c([N+](=O)[O-])c2)C1Cl. The Morgan fingerprint density at radius 3 is 3.00 bits per heavy atom. The van der Waals surface area contributed by atoms with Crippen molar-refractivity contribution in [2.45, 2.75) is 5.38 Å². The van der Waals surface area contributed by atoms with Crippen LogP contribution >= 0.6 is 11.6 Å². The van der Waals surface area contributed by atoms with Gasteiger partial charge in [-0.25, -0.2) is 5.43 Å². The lowest BCUT2D eigenvalue weighted by molar-refractivity contribution is -0.385. The standard InChI is InChI=1S/C11H8ClN5O4/c12-10-7(5-14-16-11(10)19)15-13-4-6-1-2-9(18)8(3-6)17(20)21/h1-5,10,18H,(H,16,19)/b13-4+,15-7-. The van der Waals surface area contributed by atoms with Crippen LogP contribution in [-0.4, -0.2) is 39.5 Å². The number of hydrogen-bond donors (Lipinski definition) is 2. The Balaban J connectivity index is 2.20. The summed E-state index contributed by atoms with van der Waals surface area (Å²) < 4.78 is 0. The molecule has 1 heterocycles. The zero-order chi connectivity index (χ0) is 15.4. The molecule has 0 spiro atoms. The average Bonchev–Trinajstić information content (AvgIpc) is 2.45. The van der Waals surface area contributed by atoms with Crippen LogP contribution in [0.3, 0.4) is 0 Å². The zero-order valence-corrected chi connectivity index (χ0v) is 11.1. The number of benzene rings is 1. The van der Waals surface area contributed by atoms with Gasteiger partial charge in [-0.15, -0.1) is 11.6 Å². The van der Waals surface area contributed by atoms with Crippen molar-refractivity contribution in [2.75, 3.05) is 0 Å². The summed E-state index contributed by atoms with van der Waals surface area (Å²) in [5, 5.41) is 29.9. The number of nitro benzene ring substituents is 1. The first-order chi connectivity index (χ1) is 9.99. The third-order valence-corrected chi connectivity index (χ3v) is 2.86. The number of alkyl halides is 1. The van der Waals surface area contributed by atoms with E-state index in [1.54, 1.807) is 0 Å². The normalized spacial score (nSPS) is 20.0. The van der Waals surface area contributed by atoms with E-state index in [0.717, 1.165) is 6.07 Å². The fraction of sp³-hybridized carbons (Fsp3) is 0.0909. The lowest BCUT2D eigenvalue weighted by atomic mass is 10.2. The number of hydrazone groups is 1. The molecule has 0 saturated carbocycles. The van der Waals surface area contributed by atoms with E-state index in [-0.39, 0.29) is 5.71 Å². The van der Waals surface area contributed by atoms with Crippen LogP contribution in [-0.2, 0) is 4.79 Å². The van der Waals surface area contributed by atoms with Crippen molar-refractivity contribution in [1.29, 1.82) is 0 Å². The molecule has 0 fully saturated rings. The highest BCUT2D eigenvalue weighted by atomic mass is 35.5. The Bertz CT molecular complexity index is 685. The smallest absolute Gasteiger partial charge is 0.311 e. The van der Waals surface area contributed by atoms with E-state index in [9.17, 15) is 20.0 Å². The van der Waals surface area contributed by atoms with E-state index >= 15 is 0 Å². The van der Waals surface area contributed by atoms with E-state index in [2.05, 4.69) is 20.7 Å². The molecule has 10 heteroatoms. The number of rotatable bonds is 3. The number of aromatic hydroxyl groups is 1. The minimum atomic E-state index is -1.01. The van der Waals surface area contributed by atoms with Gasteiger partial charge in [0.25, 0.3) is 5.91 Å². The van der Waals surface area contributed by atoms with Gasteiger partial charge in [0, 0.05) is 11.6 Å². The number of halogens is 1. The summed E-state index contributed by atoms with van der Waals surface area (Å²) in [6.45, 7) is 0. The molecule has 21 heavy (non-hydrogen) atoms. The van der Waals surface area contributed by atoms with E-state index in [1.165, 1.54) is 24.6 Å². The second kappa shape index (κ2) is 6.09. The first-order valence-corrected chi connectivity index (χ1v) is 5.98. The molecule has 1 atom stereocenters. The van der Waals surface area contributed by atoms with Gasteiger partial charge in [-0.1, -0.05) is 0 Å². The number of carbonyl (C=O) groups is 1. The van der Waals surface area contributed by atoms with Crippen LogP contribution in [0.25, 0.3) is 0 Å². The van der Waals surface area contributed by atoms with E-state index in [4.69, 9.17) is 11.6 Å². The predicted molar refractivity (Wildman–Crippen MR) is 76.1 cm³/mol. The molecule has 1 aliphatic rings. The molecule has 9 nitrogen and oxygen atoms in total. The number of carbonyl (C=O) groups excluding carboxylic acids is 1. The van der Waals surface area contributed by atoms with Crippen LogP contribution in [0.1, 0.15) is 5.56 Å². The number of nitro groups is 1. The van der Waals surface area contributed by atoms with Crippen molar-refractivity contribution >= 4 is 41.3 Å². The molecule has 1 aromatic rings. The van der Waals surface area contributed by atoms with E-state index in [1.807, 2.05) is 0 Å². The van der Waals surface area contributed by atoms with Crippen LogP contribution in [0, 0.1) is 10.1 Å². The Kier molecular flexibility index (Phi) is 4.24. The third-order valence-electron chi connectivity index (χ3n) is 2.44. The number of amides is 1. The van der Waals surface area contributed by atoms with Gasteiger partial charge in [0.05, 0.1) is 17.4 Å². The van der Waals surface area contributed by atoms with Crippen molar-refractivity contribution in [3.05, 3.63) is 33.9 Å². The van der Waals surface area contributed by atoms with Gasteiger partial charge in [-0.2, -0.15) is 15.3 Å². The van der Waals surface area contributed by atoms with Gasteiger partial charge in [0.1, 0.15) is 5.71 Å². The van der Waals surface area contributed by atoms with Crippen LogP contribution < -0.4 is 5.43 Å². The highest BCUT2D eigenvalue weighted by Crippen LogP contribution is 2.25. The molecule has 1 aliphatic heterocycles. The molecule has 1 amide bonds. The monoisotopic (exact) mass is 309 g/mol. The lowest BCUT2D eigenvalue weighted by Gasteiger charge is -2.10. The molecular formula is C11H8ClN5O4. The first-order valence-electron chi connectivity index (χ1n) is 5.54. The largest absolute Gasteiger partial charge is 0.502 e. The minimum Gasteiger partial charge on any atom is -0.502 e. The summed E-state index contributed by atoms with van der Waals surface area (Å²) in [5.74, 6) is -0.964. The number of hydrogen-bond acceptors (Lipinski definition) is 7. The number of phenolic OH excluding ortho intramolecular Hbond substituents is 1. The van der Waals surface area contributed by atoms with Gasteiger partial charge in [-0.05, 0) is 12.1 Å². The molecule has 0 saturated heterocycles. The fourth-order valence-corrected chi connectivity index (χ4v) is 1.57. The summed E-state index contributed by atoms with van der Waals surface area (Å²) in [7, 11) is 0. The lowest BCUT2D eigenvalue weighted by Crippen LogP contribution is -2.38. The molecule has 1 aromatic carbocycles. The molecule has 0 radical (unpaired) electrons. The van der Waals surface area contributed by atoms with Crippen molar-refractivity contribution in [3.8, 4) is 5.75 Å². The number of phenols is 1. The second-order valence-electron chi connectivity index (χ2n) is 3.87. The molecule has 108 valence electrons. The Morgan fingerprint density at radius 2 is 2.29 bits per heavy atom. The van der Waals surface area contributed by atoms with Crippen LogP contribution in [0.15, 0.2) is 33.5 Å². The average molecular weight is 310 g/mol. The Morgan fingerprint density at radius 1 is 1.52 bits per heavy atom. The quantitative estimate of drug-likeness (QED) is 0.370. The maximum absolute atomic E-state index is 11.2. The molecule has 0 aliphatic carbocycles. The molecule has 0 aromatic heterocycles. The van der Waals surface area contributed by atoms with Crippen molar-refractivity contribution in [2.24, 2.45) is 15.3 Å². The van der Waals surface area contributed by atoms with Gasteiger partial charge in [-0.3, -0.25) is 14.9 Å². The molecule has 2 N–H and O–H groups in total. The third kappa shape index (κ3) is 3.39. The predicted octanol–water partition coefficient (Wildman–Crippen LogP) is 0.798. The number of nitrogens with one attached hydrogen (secondary N) is 1. The topological polar surface area (TPSA) is 130 Å². The molecule has 2 rings (SSSR count). The summed E-state index contributed by atoms with van der Waals surface area (Å²) in [6, 6.07) is 3.73. The number of nitrogens with zero attached hydrogens (tertiary/aromatic N) is 4. The Hall–Kier alpha value is -2.81. The maximum atomic E-state index is 11.2. The molecular weight excluding hydrogens is 302 g/mol.